The molecular formula is C29H31FN2O2. The Morgan fingerprint density at radius 3 is 2.09 bits per heavy atom. The number of halogens is 1. The Bertz CT molecular complexity index is 1080. The van der Waals surface area contributed by atoms with E-state index < -0.39 is 11.9 Å². The lowest BCUT2D eigenvalue weighted by molar-refractivity contribution is -0.141. The van der Waals surface area contributed by atoms with Gasteiger partial charge in [0.15, 0.2) is 0 Å². The average Bonchev–Trinajstić information content (AvgIpc) is 3.37. The number of nitrogens with zero attached hydrogens (tertiary/aromatic N) is 1. The molecule has 2 amide bonds. The molecule has 1 N–H and O–H groups in total. The van der Waals surface area contributed by atoms with Gasteiger partial charge in [-0.25, -0.2) is 4.39 Å². The molecule has 0 unspecified atom stereocenters. The van der Waals surface area contributed by atoms with Crippen LogP contribution in [0.5, 0.6) is 0 Å². The van der Waals surface area contributed by atoms with Crippen LogP contribution < -0.4 is 5.32 Å². The van der Waals surface area contributed by atoms with Crippen molar-refractivity contribution in [3.05, 3.63) is 107 Å². The molecule has 0 aliphatic heterocycles. The quantitative estimate of drug-likeness (QED) is 0.487. The first kappa shape index (κ1) is 23.7. The van der Waals surface area contributed by atoms with Gasteiger partial charge in [0.25, 0.3) is 0 Å². The Morgan fingerprint density at radius 2 is 1.44 bits per heavy atom. The van der Waals surface area contributed by atoms with E-state index in [4.69, 9.17) is 0 Å². The molecule has 1 atom stereocenters. The number of rotatable bonds is 9. The molecule has 4 rings (SSSR count). The van der Waals surface area contributed by atoms with Crippen LogP contribution in [0.1, 0.15) is 42.4 Å². The molecular weight excluding hydrogens is 427 g/mol. The highest BCUT2D eigenvalue weighted by Crippen LogP contribution is 2.21. The fourth-order valence-electron chi connectivity index (χ4n) is 4.61. The van der Waals surface area contributed by atoms with Gasteiger partial charge in [-0.2, -0.15) is 0 Å². The summed E-state index contributed by atoms with van der Waals surface area (Å²) in [5.41, 5.74) is 2.24. The van der Waals surface area contributed by atoms with Crippen LogP contribution in [0, 0.1) is 5.82 Å². The fourth-order valence-corrected chi connectivity index (χ4v) is 4.61. The molecule has 4 nitrogen and oxygen atoms in total. The summed E-state index contributed by atoms with van der Waals surface area (Å²) in [6.45, 7) is 0.281. The van der Waals surface area contributed by atoms with Crippen molar-refractivity contribution >= 4 is 11.8 Å². The molecule has 0 radical (unpaired) electrons. The third kappa shape index (κ3) is 6.31. The molecule has 176 valence electrons. The van der Waals surface area contributed by atoms with Crippen LogP contribution in [0.2, 0.25) is 0 Å². The molecule has 0 spiro atoms. The van der Waals surface area contributed by atoms with Gasteiger partial charge in [-0.1, -0.05) is 91.7 Å². The maximum atomic E-state index is 14.4. The summed E-state index contributed by atoms with van der Waals surface area (Å²) in [7, 11) is 0. The number of hydrogen-bond donors (Lipinski definition) is 1. The van der Waals surface area contributed by atoms with Gasteiger partial charge in [0.1, 0.15) is 11.9 Å². The first-order chi connectivity index (χ1) is 16.6. The van der Waals surface area contributed by atoms with Crippen LogP contribution in [-0.2, 0) is 29.0 Å². The van der Waals surface area contributed by atoms with Crippen molar-refractivity contribution < 1.29 is 14.0 Å². The van der Waals surface area contributed by atoms with Gasteiger partial charge in [-0.05, 0) is 35.6 Å². The van der Waals surface area contributed by atoms with Gasteiger partial charge in [0.05, 0.1) is 6.42 Å². The average molecular weight is 459 g/mol. The monoisotopic (exact) mass is 458 g/mol. The Kier molecular flexibility index (Phi) is 8.08. The topological polar surface area (TPSA) is 49.4 Å². The fraction of sp³-hybridized carbons (Fsp3) is 0.310. The van der Waals surface area contributed by atoms with E-state index in [2.05, 4.69) is 5.32 Å². The standard InChI is InChI=1S/C29H31FN2O2/c30-26-18-10-7-15-24(26)20-28(33)32(21-23-13-5-2-6-14-23)27(19-22-11-3-1-4-12-22)29(34)31-25-16-8-9-17-25/h1-7,10-15,18,25,27H,8-9,16-17,19-21H2,(H,31,34)/t27-/m1/s1. The Hall–Kier alpha value is -3.47. The minimum atomic E-state index is -0.692. The molecule has 5 heteroatoms. The van der Waals surface area contributed by atoms with Gasteiger partial charge in [-0.3, -0.25) is 9.59 Å². The number of hydrogen-bond acceptors (Lipinski definition) is 2. The van der Waals surface area contributed by atoms with E-state index in [1.165, 1.54) is 6.07 Å². The van der Waals surface area contributed by atoms with Crippen molar-refractivity contribution in [2.75, 3.05) is 0 Å². The highest BCUT2D eigenvalue weighted by molar-refractivity contribution is 5.89. The van der Waals surface area contributed by atoms with E-state index in [-0.39, 0.29) is 30.8 Å². The second-order valence-corrected chi connectivity index (χ2v) is 8.97. The van der Waals surface area contributed by atoms with Crippen LogP contribution in [0.25, 0.3) is 0 Å². The van der Waals surface area contributed by atoms with Crippen LogP contribution in [-0.4, -0.2) is 28.8 Å². The summed E-state index contributed by atoms with van der Waals surface area (Å²) in [5, 5.41) is 3.19. The summed E-state index contributed by atoms with van der Waals surface area (Å²) >= 11 is 0. The Labute approximate surface area is 200 Å². The number of amides is 2. The van der Waals surface area contributed by atoms with Gasteiger partial charge >= 0.3 is 0 Å². The van der Waals surface area contributed by atoms with Gasteiger partial charge in [0, 0.05) is 19.0 Å². The van der Waals surface area contributed by atoms with Gasteiger partial charge in [-0.15, -0.1) is 0 Å². The van der Waals surface area contributed by atoms with E-state index in [1.54, 1.807) is 23.1 Å². The molecule has 3 aromatic rings. The van der Waals surface area contributed by atoms with Crippen LogP contribution in [0.4, 0.5) is 4.39 Å². The van der Waals surface area contributed by atoms with E-state index in [0.29, 0.717) is 12.0 Å². The van der Waals surface area contributed by atoms with E-state index in [0.717, 1.165) is 36.8 Å². The predicted octanol–water partition coefficient (Wildman–Crippen LogP) is 5.07. The van der Waals surface area contributed by atoms with E-state index >= 15 is 0 Å². The van der Waals surface area contributed by atoms with Crippen molar-refractivity contribution in [1.82, 2.24) is 10.2 Å². The summed E-state index contributed by atoms with van der Waals surface area (Å²) in [5.74, 6) is -0.824. The molecule has 1 fully saturated rings. The van der Waals surface area contributed by atoms with Crippen molar-refractivity contribution in [1.29, 1.82) is 0 Å². The smallest absolute Gasteiger partial charge is 0.243 e. The largest absolute Gasteiger partial charge is 0.352 e. The number of carbonyl (C=O) groups excluding carboxylic acids is 2. The molecule has 0 bridgehead atoms. The molecule has 34 heavy (non-hydrogen) atoms. The molecule has 1 aliphatic carbocycles. The minimum absolute atomic E-state index is 0.0957. The summed E-state index contributed by atoms with van der Waals surface area (Å²) < 4.78 is 14.4. The van der Waals surface area contributed by atoms with Gasteiger partial charge in [0.2, 0.25) is 11.8 Å². The zero-order valence-corrected chi connectivity index (χ0v) is 19.3. The molecule has 3 aromatic carbocycles. The highest BCUT2D eigenvalue weighted by Gasteiger charge is 2.32. The first-order valence-electron chi connectivity index (χ1n) is 12.0. The van der Waals surface area contributed by atoms with Crippen molar-refractivity contribution in [2.45, 2.75) is 57.2 Å². The minimum Gasteiger partial charge on any atom is -0.352 e. The van der Waals surface area contributed by atoms with Crippen LogP contribution in [0.15, 0.2) is 84.9 Å². The zero-order valence-electron chi connectivity index (χ0n) is 19.3. The lowest BCUT2D eigenvalue weighted by Crippen LogP contribution is -2.52. The van der Waals surface area contributed by atoms with Crippen LogP contribution in [0.3, 0.4) is 0 Å². The first-order valence-corrected chi connectivity index (χ1v) is 12.0. The SMILES string of the molecule is O=C(NC1CCCC1)[C@@H](Cc1ccccc1)N(Cc1ccccc1)C(=O)Cc1ccccc1F. The third-order valence-corrected chi connectivity index (χ3v) is 6.47. The second kappa shape index (κ2) is 11.6. The Balaban J connectivity index is 1.65. The lowest BCUT2D eigenvalue weighted by atomic mass is 10.0. The molecule has 0 saturated heterocycles. The third-order valence-electron chi connectivity index (χ3n) is 6.47. The number of carbonyl (C=O) groups is 2. The lowest BCUT2D eigenvalue weighted by Gasteiger charge is -2.32. The number of nitrogens with one attached hydrogen (secondary N) is 1. The predicted molar refractivity (Wildman–Crippen MR) is 131 cm³/mol. The van der Waals surface area contributed by atoms with Crippen molar-refractivity contribution in [3.63, 3.8) is 0 Å². The molecule has 1 aliphatic rings. The van der Waals surface area contributed by atoms with E-state index in [1.807, 2.05) is 60.7 Å². The molecule has 0 heterocycles. The highest BCUT2D eigenvalue weighted by atomic mass is 19.1. The summed E-state index contributed by atoms with van der Waals surface area (Å²) in [6.07, 6.45) is 4.44. The normalized spacial score (nSPS) is 14.5. The summed E-state index contributed by atoms with van der Waals surface area (Å²) in [4.78, 5) is 28.8. The molecule has 1 saturated carbocycles. The zero-order chi connectivity index (χ0) is 23.8. The number of benzene rings is 3. The van der Waals surface area contributed by atoms with Crippen molar-refractivity contribution in [3.8, 4) is 0 Å². The van der Waals surface area contributed by atoms with Crippen LogP contribution >= 0.6 is 0 Å². The van der Waals surface area contributed by atoms with Crippen molar-refractivity contribution in [2.24, 2.45) is 0 Å². The Morgan fingerprint density at radius 1 is 0.853 bits per heavy atom. The van der Waals surface area contributed by atoms with E-state index in [9.17, 15) is 14.0 Å². The summed E-state index contributed by atoms with van der Waals surface area (Å²) in [6, 6.07) is 25.1. The molecule has 0 aromatic heterocycles. The maximum absolute atomic E-state index is 14.4. The second-order valence-electron chi connectivity index (χ2n) is 8.97. The maximum Gasteiger partial charge on any atom is 0.243 e. The van der Waals surface area contributed by atoms with Gasteiger partial charge < -0.3 is 10.2 Å².